The van der Waals surface area contributed by atoms with E-state index in [0.29, 0.717) is 11.1 Å². The Balaban J connectivity index is 1.83. The van der Waals surface area contributed by atoms with Crippen molar-refractivity contribution in [3.8, 4) is 5.75 Å². The Bertz CT molecular complexity index is 1570. The number of hydrogen-bond acceptors (Lipinski definition) is 8. The molecule has 0 spiro atoms. The zero-order chi connectivity index (χ0) is 33.8. The molecule has 0 aliphatic carbocycles. The minimum Gasteiger partial charge on any atom is -0.508 e. The molecule has 46 heavy (non-hydrogen) atoms. The van der Waals surface area contributed by atoms with E-state index in [-0.39, 0.29) is 43.9 Å². The number of aliphatic carboxylic acids is 2. The molecule has 13 N–H and O–H groups in total. The lowest BCUT2D eigenvalue weighted by atomic mass is 10.0. The first-order valence-electron chi connectivity index (χ1n) is 14.3. The summed E-state index contributed by atoms with van der Waals surface area (Å²) >= 11 is 0. The van der Waals surface area contributed by atoms with E-state index in [4.69, 9.17) is 22.3 Å². The van der Waals surface area contributed by atoms with Crippen molar-refractivity contribution >= 4 is 46.5 Å². The Kier molecular flexibility index (Phi) is 12.5. The van der Waals surface area contributed by atoms with E-state index in [1.165, 1.54) is 24.3 Å². The zero-order valence-corrected chi connectivity index (χ0v) is 24.8. The molecule has 2 aromatic carbocycles. The summed E-state index contributed by atoms with van der Waals surface area (Å²) in [4.78, 5) is 70.0. The number of guanidine groups is 1. The number of carbonyl (C=O) groups excluding carboxylic acids is 3. The summed E-state index contributed by atoms with van der Waals surface area (Å²) < 4.78 is 0. The van der Waals surface area contributed by atoms with E-state index in [1.54, 1.807) is 12.3 Å². The number of carboxylic acid groups (broad SMARTS) is 2. The molecule has 0 bridgehead atoms. The second-order valence-corrected chi connectivity index (χ2v) is 10.6. The van der Waals surface area contributed by atoms with E-state index in [9.17, 15) is 34.2 Å². The number of H-pyrrole nitrogens is 1. The highest BCUT2D eigenvalue weighted by Crippen LogP contribution is 2.19. The van der Waals surface area contributed by atoms with Crippen molar-refractivity contribution in [1.82, 2.24) is 20.9 Å². The van der Waals surface area contributed by atoms with Crippen LogP contribution in [-0.2, 0) is 36.8 Å². The lowest BCUT2D eigenvalue weighted by molar-refractivity contribution is -0.142. The van der Waals surface area contributed by atoms with Crippen LogP contribution in [0.4, 0.5) is 0 Å². The molecule has 3 aromatic rings. The number of fused-ring (bicyclic) bond motifs is 1. The van der Waals surface area contributed by atoms with Crippen LogP contribution in [0.1, 0.15) is 30.4 Å². The third kappa shape index (κ3) is 10.5. The molecular weight excluding hydrogens is 600 g/mol. The van der Waals surface area contributed by atoms with Gasteiger partial charge in [0.05, 0.1) is 12.5 Å². The smallest absolute Gasteiger partial charge is 0.326 e. The predicted octanol–water partition coefficient (Wildman–Crippen LogP) is -0.947. The molecule has 0 fully saturated rings. The van der Waals surface area contributed by atoms with Gasteiger partial charge >= 0.3 is 11.9 Å². The fraction of sp³-hybridized carbons (Fsp3) is 0.333. The minimum absolute atomic E-state index is 0.00776. The number of hydrogen-bond donors (Lipinski definition) is 10. The number of aromatic nitrogens is 1. The van der Waals surface area contributed by atoms with Crippen molar-refractivity contribution in [3.63, 3.8) is 0 Å². The van der Waals surface area contributed by atoms with Crippen LogP contribution in [0, 0.1) is 0 Å². The lowest BCUT2D eigenvalue weighted by Crippen LogP contribution is -2.58. The van der Waals surface area contributed by atoms with Gasteiger partial charge in [0.2, 0.25) is 17.7 Å². The van der Waals surface area contributed by atoms with Gasteiger partial charge in [-0.15, -0.1) is 0 Å². The molecule has 0 radical (unpaired) electrons. The van der Waals surface area contributed by atoms with Gasteiger partial charge in [0, 0.05) is 36.5 Å². The van der Waals surface area contributed by atoms with Crippen LogP contribution in [0.5, 0.6) is 5.75 Å². The van der Waals surface area contributed by atoms with Gasteiger partial charge in [-0.2, -0.15) is 0 Å². The highest BCUT2D eigenvalue weighted by atomic mass is 16.4. The molecule has 4 atom stereocenters. The van der Waals surface area contributed by atoms with Crippen LogP contribution in [0.25, 0.3) is 10.9 Å². The first kappa shape index (κ1) is 34.8. The third-order valence-electron chi connectivity index (χ3n) is 7.03. The number of para-hydroxylation sites is 1. The number of aliphatic imine (C=N–C) groups is 1. The molecule has 0 saturated carbocycles. The maximum Gasteiger partial charge on any atom is 0.326 e. The molecule has 0 saturated heterocycles. The number of aromatic hydroxyl groups is 1. The predicted molar refractivity (Wildman–Crippen MR) is 167 cm³/mol. The summed E-state index contributed by atoms with van der Waals surface area (Å²) in [5.74, 6) is -5.37. The number of amides is 3. The van der Waals surface area contributed by atoms with E-state index >= 15 is 0 Å². The fourth-order valence-electron chi connectivity index (χ4n) is 4.67. The lowest BCUT2D eigenvalue weighted by Gasteiger charge is -2.25. The van der Waals surface area contributed by atoms with E-state index in [0.717, 1.165) is 10.9 Å². The summed E-state index contributed by atoms with van der Waals surface area (Å²) in [5, 5.41) is 36.9. The number of aromatic amines is 1. The Hall–Kier alpha value is -5.64. The quantitative estimate of drug-likeness (QED) is 0.0488. The van der Waals surface area contributed by atoms with E-state index in [1.807, 2.05) is 18.2 Å². The summed E-state index contributed by atoms with van der Waals surface area (Å²) in [7, 11) is 0. The highest BCUT2D eigenvalue weighted by Gasteiger charge is 2.31. The minimum atomic E-state index is -1.47. The van der Waals surface area contributed by atoms with Crippen LogP contribution >= 0.6 is 0 Å². The second kappa shape index (κ2) is 16.4. The number of nitrogens with two attached hydrogens (primary N) is 3. The Morgan fingerprint density at radius 1 is 0.826 bits per heavy atom. The largest absolute Gasteiger partial charge is 0.508 e. The van der Waals surface area contributed by atoms with Crippen LogP contribution in [0.2, 0.25) is 0 Å². The summed E-state index contributed by atoms with van der Waals surface area (Å²) in [6.07, 6.45) is 1.01. The Morgan fingerprint density at radius 2 is 1.46 bits per heavy atom. The standard InChI is InChI=1S/C30H38N8O8/c31-20(14-25(40)41)26(42)37-23(12-16-7-9-18(39)10-8-16)28(44)36-22(6-3-11-34-30(32)33)27(43)38-24(29(45)46)13-17-15-35-21-5-2-1-4-19(17)21/h1-2,4-5,7-10,15,20,22-24,35,39H,3,6,11-14,31H2,(H,36,44)(H,37,42)(H,38,43)(H,40,41)(H,45,46)(H4,32,33,34). The molecule has 246 valence electrons. The van der Waals surface area contributed by atoms with Gasteiger partial charge in [-0.1, -0.05) is 30.3 Å². The number of benzene rings is 2. The van der Waals surface area contributed by atoms with Crippen LogP contribution in [-0.4, -0.2) is 86.6 Å². The molecule has 16 heteroatoms. The molecule has 0 aliphatic heterocycles. The number of nitrogens with one attached hydrogen (secondary N) is 4. The highest BCUT2D eigenvalue weighted by molar-refractivity contribution is 5.95. The number of phenolic OH excluding ortho intramolecular Hbond substituents is 1. The molecule has 3 rings (SSSR count). The van der Waals surface area contributed by atoms with Crippen molar-refractivity contribution in [2.24, 2.45) is 22.2 Å². The normalized spacial score (nSPS) is 13.5. The third-order valence-corrected chi connectivity index (χ3v) is 7.03. The van der Waals surface area contributed by atoms with E-state index in [2.05, 4.69) is 25.9 Å². The zero-order valence-electron chi connectivity index (χ0n) is 24.8. The van der Waals surface area contributed by atoms with Gasteiger partial charge in [0.1, 0.15) is 23.9 Å². The molecule has 4 unspecified atom stereocenters. The van der Waals surface area contributed by atoms with Gasteiger partial charge in [0.15, 0.2) is 5.96 Å². The average Bonchev–Trinajstić information content (AvgIpc) is 3.41. The molecule has 16 nitrogen and oxygen atoms in total. The van der Waals surface area contributed by atoms with E-state index < -0.39 is 60.2 Å². The van der Waals surface area contributed by atoms with Crippen molar-refractivity contribution in [1.29, 1.82) is 0 Å². The van der Waals surface area contributed by atoms with Gasteiger partial charge < -0.3 is 53.5 Å². The Labute approximate surface area is 263 Å². The molecular formula is C30H38N8O8. The summed E-state index contributed by atoms with van der Waals surface area (Å²) in [6.45, 7) is 0.109. The second-order valence-electron chi connectivity index (χ2n) is 10.6. The van der Waals surface area contributed by atoms with Gasteiger partial charge in [-0.3, -0.25) is 24.2 Å². The molecule has 0 aliphatic rings. The molecule has 1 heterocycles. The number of carbonyl (C=O) groups is 5. The van der Waals surface area contributed by atoms with Gasteiger partial charge in [-0.25, -0.2) is 4.79 Å². The number of carboxylic acids is 2. The topological polar surface area (TPSA) is 288 Å². The van der Waals surface area contributed by atoms with Crippen molar-refractivity contribution in [2.75, 3.05) is 6.54 Å². The summed E-state index contributed by atoms with van der Waals surface area (Å²) in [5.41, 5.74) is 18.4. The molecule has 1 aromatic heterocycles. The maximum absolute atomic E-state index is 13.6. The number of rotatable bonds is 17. The maximum atomic E-state index is 13.6. The van der Waals surface area contributed by atoms with Crippen molar-refractivity contribution in [3.05, 3.63) is 65.9 Å². The monoisotopic (exact) mass is 638 g/mol. The molecule has 3 amide bonds. The van der Waals surface area contributed by atoms with Gasteiger partial charge in [0.25, 0.3) is 0 Å². The first-order valence-corrected chi connectivity index (χ1v) is 14.3. The van der Waals surface area contributed by atoms with Crippen molar-refractivity contribution in [2.45, 2.75) is 56.3 Å². The van der Waals surface area contributed by atoms with Crippen molar-refractivity contribution < 1.29 is 39.3 Å². The number of nitrogens with zero attached hydrogens (tertiary/aromatic N) is 1. The average molecular weight is 639 g/mol. The van der Waals surface area contributed by atoms with Gasteiger partial charge in [-0.05, 0) is 42.2 Å². The van der Waals surface area contributed by atoms with Crippen LogP contribution < -0.4 is 33.2 Å². The SMILES string of the molecule is NC(N)=NCCCC(NC(=O)C(Cc1ccc(O)cc1)NC(=O)C(N)CC(=O)O)C(=O)NC(Cc1c[nH]c2ccccc12)C(=O)O. The Morgan fingerprint density at radius 3 is 2.11 bits per heavy atom. The summed E-state index contributed by atoms with van der Waals surface area (Å²) in [6, 6.07) is 7.63. The van der Waals surface area contributed by atoms with Crippen LogP contribution in [0.3, 0.4) is 0 Å². The van der Waals surface area contributed by atoms with Crippen LogP contribution in [0.15, 0.2) is 59.7 Å². The first-order chi connectivity index (χ1) is 21.8. The number of phenols is 1. The fourth-order valence-corrected chi connectivity index (χ4v) is 4.67.